The standard InChI is InChI=1S/C14H25NO3/c1-10-6-4-5-7-11(10)9-15-12(16)8-14(2,3)13(17)18/h10-11H,4-9H2,1-3H3,(H,15,16)(H,17,18). The van der Waals surface area contributed by atoms with E-state index in [1.165, 1.54) is 25.7 Å². The normalized spacial score (nSPS) is 24.6. The third kappa shape index (κ3) is 4.31. The first-order valence-electron chi connectivity index (χ1n) is 6.83. The monoisotopic (exact) mass is 255 g/mol. The van der Waals surface area contributed by atoms with Crippen molar-refractivity contribution in [3.63, 3.8) is 0 Å². The van der Waals surface area contributed by atoms with Gasteiger partial charge < -0.3 is 10.4 Å². The highest BCUT2D eigenvalue weighted by molar-refractivity contribution is 5.84. The molecule has 0 radical (unpaired) electrons. The van der Waals surface area contributed by atoms with Crippen LogP contribution in [-0.2, 0) is 9.59 Å². The van der Waals surface area contributed by atoms with Crippen LogP contribution in [0.2, 0.25) is 0 Å². The maximum atomic E-state index is 11.7. The van der Waals surface area contributed by atoms with Gasteiger partial charge in [0.1, 0.15) is 0 Å². The molecule has 1 saturated carbocycles. The summed E-state index contributed by atoms with van der Waals surface area (Å²) in [5.41, 5.74) is -0.984. The van der Waals surface area contributed by atoms with E-state index < -0.39 is 11.4 Å². The molecule has 2 unspecified atom stereocenters. The Labute approximate surface area is 109 Å². The zero-order valence-corrected chi connectivity index (χ0v) is 11.7. The van der Waals surface area contributed by atoms with E-state index >= 15 is 0 Å². The van der Waals surface area contributed by atoms with Crippen LogP contribution in [0.15, 0.2) is 0 Å². The number of carboxylic acids is 1. The first-order valence-corrected chi connectivity index (χ1v) is 6.83. The molecule has 0 aliphatic heterocycles. The summed E-state index contributed by atoms with van der Waals surface area (Å²) in [4.78, 5) is 22.7. The average Bonchev–Trinajstić information content (AvgIpc) is 2.27. The summed E-state index contributed by atoms with van der Waals surface area (Å²) in [6.07, 6.45) is 4.98. The van der Waals surface area contributed by atoms with Crippen LogP contribution in [-0.4, -0.2) is 23.5 Å². The van der Waals surface area contributed by atoms with Crippen LogP contribution < -0.4 is 5.32 Å². The van der Waals surface area contributed by atoms with E-state index in [1.54, 1.807) is 13.8 Å². The minimum absolute atomic E-state index is 0.0451. The average molecular weight is 255 g/mol. The number of nitrogens with one attached hydrogen (secondary N) is 1. The smallest absolute Gasteiger partial charge is 0.309 e. The second kappa shape index (κ2) is 6.21. The van der Waals surface area contributed by atoms with Gasteiger partial charge in [0.25, 0.3) is 0 Å². The Kier molecular flexibility index (Phi) is 5.17. The molecule has 1 fully saturated rings. The molecule has 18 heavy (non-hydrogen) atoms. The van der Waals surface area contributed by atoms with Gasteiger partial charge in [0, 0.05) is 13.0 Å². The first-order chi connectivity index (χ1) is 8.33. The fourth-order valence-corrected chi connectivity index (χ4v) is 2.48. The van der Waals surface area contributed by atoms with Crippen molar-refractivity contribution in [3.8, 4) is 0 Å². The number of amides is 1. The van der Waals surface area contributed by atoms with Crippen molar-refractivity contribution in [2.45, 2.75) is 52.9 Å². The van der Waals surface area contributed by atoms with Crippen LogP contribution in [0.5, 0.6) is 0 Å². The first kappa shape index (κ1) is 15.0. The van der Waals surface area contributed by atoms with Crippen molar-refractivity contribution >= 4 is 11.9 Å². The van der Waals surface area contributed by atoms with E-state index in [1.807, 2.05) is 0 Å². The van der Waals surface area contributed by atoms with Crippen LogP contribution >= 0.6 is 0 Å². The van der Waals surface area contributed by atoms with Gasteiger partial charge in [-0.15, -0.1) is 0 Å². The molecule has 1 aliphatic carbocycles. The van der Waals surface area contributed by atoms with Crippen molar-refractivity contribution in [1.82, 2.24) is 5.32 Å². The van der Waals surface area contributed by atoms with E-state index in [-0.39, 0.29) is 12.3 Å². The van der Waals surface area contributed by atoms with Gasteiger partial charge >= 0.3 is 5.97 Å². The van der Waals surface area contributed by atoms with Gasteiger partial charge in [-0.2, -0.15) is 0 Å². The minimum atomic E-state index is -0.984. The molecule has 0 aromatic rings. The van der Waals surface area contributed by atoms with E-state index in [4.69, 9.17) is 5.11 Å². The number of carboxylic acid groups (broad SMARTS) is 1. The Bertz CT molecular complexity index is 312. The summed E-state index contributed by atoms with van der Waals surface area (Å²) >= 11 is 0. The molecule has 0 heterocycles. The molecule has 1 amide bonds. The Morgan fingerprint density at radius 1 is 1.28 bits per heavy atom. The third-order valence-corrected chi connectivity index (χ3v) is 4.03. The summed E-state index contributed by atoms with van der Waals surface area (Å²) in [5, 5.41) is 11.9. The summed E-state index contributed by atoms with van der Waals surface area (Å²) in [7, 11) is 0. The van der Waals surface area contributed by atoms with Gasteiger partial charge in [-0.1, -0.05) is 26.2 Å². The highest BCUT2D eigenvalue weighted by atomic mass is 16.4. The Morgan fingerprint density at radius 3 is 2.44 bits per heavy atom. The lowest BCUT2D eigenvalue weighted by molar-refractivity contribution is -0.149. The van der Waals surface area contributed by atoms with Crippen molar-refractivity contribution in [2.75, 3.05) is 6.54 Å². The summed E-state index contributed by atoms with van der Waals surface area (Å²) in [5.74, 6) is 0.131. The highest BCUT2D eigenvalue weighted by Gasteiger charge is 2.30. The summed E-state index contributed by atoms with van der Waals surface area (Å²) in [6.45, 7) is 6.09. The maximum absolute atomic E-state index is 11.7. The molecule has 0 saturated heterocycles. The van der Waals surface area contributed by atoms with Crippen molar-refractivity contribution in [2.24, 2.45) is 17.3 Å². The van der Waals surface area contributed by atoms with Gasteiger partial charge in [-0.05, 0) is 32.1 Å². The molecule has 1 aliphatic rings. The highest BCUT2D eigenvalue weighted by Crippen LogP contribution is 2.29. The minimum Gasteiger partial charge on any atom is -0.481 e. The topological polar surface area (TPSA) is 66.4 Å². The van der Waals surface area contributed by atoms with Crippen LogP contribution in [0.25, 0.3) is 0 Å². The molecule has 0 aromatic carbocycles. The number of hydrogen-bond acceptors (Lipinski definition) is 2. The van der Waals surface area contributed by atoms with E-state index in [0.29, 0.717) is 18.4 Å². The molecule has 1 rings (SSSR count). The Hall–Kier alpha value is -1.06. The molecule has 4 heteroatoms. The molecule has 0 aromatic heterocycles. The zero-order valence-electron chi connectivity index (χ0n) is 11.7. The van der Waals surface area contributed by atoms with Crippen LogP contribution in [0, 0.1) is 17.3 Å². The molecular formula is C14H25NO3. The molecule has 0 spiro atoms. The van der Waals surface area contributed by atoms with Gasteiger partial charge in [0.05, 0.1) is 5.41 Å². The number of carbonyl (C=O) groups is 2. The Balaban J connectivity index is 2.35. The molecule has 104 valence electrons. The quantitative estimate of drug-likeness (QED) is 0.793. The van der Waals surface area contributed by atoms with Crippen LogP contribution in [0.4, 0.5) is 0 Å². The lowest BCUT2D eigenvalue weighted by Gasteiger charge is -2.29. The van der Waals surface area contributed by atoms with Crippen molar-refractivity contribution in [3.05, 3.63) is 0 Å². The van der Waals surface area contributed by atoms with Gasteiger partial charge in [-0.3, -0.25) is 9.59 Å². The molecule has 0 bridgehead atoms. The van der Waals surface area contributed by atoms with Crippen molar-refractivity contribution in [1.29, 1.82) is 0 Å². The number of aliphatic carboxylic acids is 1. The number of carbonyl (C=O) groups excluding carboxylic acids is 1. The van der Waals surface area contributed by atoms with Crippen LogP contribution in [0.3, 0.4) is 0 Å². The molecule has 2 atom stereocenters. The maximum Gasteiger partial charge on any atom is 0.309 e. The summed E-state index contributed by atoms with van der Waals surface area (Å²) < 4.78 is 0. The number of hydrogen-bond donors (Lipinski definition) is 2. The third-order valence-electron chi connectivity index (χ3n) is 4.03. The summed E-state index contributed by atoms with van der Waals surface area (Å²) in [6, 6.07) is 0. The lowest BCUT2D eigenvalue weighted by Crippen LogP contribution is -2.37. The fourth-order valence-electron chi connectivity index (χ4n) is 2.48. The second-order valence-corrected chi connectivity index (χ2v) is 6.19. The van der Waals surface area contributed by atoms with Gasteiger partial charge in [0.2, 0.25) is 5.91 Å². The van der Waals surface area contributed by atoms with E-state index in [2.05, 4.69) is 12.2 Å². The predicted octanol–water partition coefficient (Wildman–Crippen LogP) is 2.43. The number of rotatable bonds is 5. The predicted molar refractivity (Wildman–Crippen MR) is 70.2 cm³/mol. The molecule has 2 N–H and O–H groups in total. The largest absolute Gasteiger partial charge is 0.481 e. The van der Waals surface area contributed by atoms with Gasteiger partial charge in [-0.25, -0.2) is 0 Å². The lowest BCUT2D eigenvalue weighted by atomic mass is 9.80. The van der Waals surface area contributed by atoms with E-state index in [0.717, 1.165) is 0 Å². The van der Waals surface area contributed by atoms with Gasteiger partial charge in [0.15, 0.2) is 0 Å². The fraction of sp³-hybridized carbons (Fsp3) is 0.857. The van der Waals surface area contributed by atoms with Crippen molar-refractivity contribution < 1.29 is 14.7 Å². The molecular weight excluding hydrogens is 230 g/mol. The second-order valence-electron chi connectivity index (χ2n) is 6.19. The van der Waals surface area contributed by atoms with E-state index in [9.17, 15) is 9.59 Å². The zero-order chi connectivity index (χ0) is 13.8. The SMILES string of the molecule is CC1CCCCC1CNC(=O)CC(C)(C)C(=O)O. The van der Waals surface area contributed by atoms with Crippen LogP contribution in [0.1, 0.15) is 52.9 Å². The molecule has 4 nitrogen and oxygen atoms in total. The Morgan fingerprint density at radius 2 is 1.89 bits per heavy atom.